The normalized spacial score (nSPS) is 13.4. The molecule has 0 heterocycles. The maximum absolute atomic E-state index is 12.7. The van der Waals surface area contributed by atoms with E-state index in [2.05, 4.69) is 167 Å². The van der Waals surface area contributed by atoms with Gasteiger partial charge in [0.15, 0.2) is 6.10 Å². The minimum absolute atomic E-state index is 0.0746. The summed E-state index contributed by atoms with van der Waals surface area (Å²) in [6, 6.07) is 0. The summed E-state index contributed by atoms with van der Waals surface area (Å²) in [6.45, 7) is 6.17. The average molecular weight is 907 g/mol. The number of ether oxygens (including phenoxy) is 3. The van der Waals surface area contributed by atoms with Gasteiger partial charge in [0.25, 0.3) is 0 Å². The smallest absolute Gasteiger partial charge is 0.310 e. The van der Waals surface area contributed by atoms with Gasteiger partial charge >= 0.3 is 17.9 Å². The van der Waals surface area contributed by atoms with Crippen molar-refractivity contribution in [2.45, 2.75) is 187 Å². The van der Waals surface area contributed by atoms with Crippen molar-refractivity contribution in [1.82, 2.24) is 0 Å². The molecule has 1 atom stereocenters. The molecule has 0 radical (unpaired) electrons. The summed E-state index contributed by atoms with van der Waals surface area (Å²) >= 11 is 0. The van der Waals surface area contributed by atoms with Crippen molar-refractivity contribution >= 4 is 17.9 Å². The quantitative estimate of drug-likeness (QED) is 0.0262. The van der Waals surface area contributed by atoms with Crippen LogP contribution < -0.4 is 0 Å². The molecule has 1 unspecified atom stereocenters. The lowest BCUT2D eigenvalue weighted by atomic mass is 10.1. The molecule has 0 rings (SSSR count). The number of allylic oxidation sites excluding steroid dienone is 25. The number of unbranched alkanes of at least 4 members (excludes halogenated alkanes) is 7. The predicted octanol–water partition coefficient (Wildman–Crippen LogP) is 17.0. The topological polar surface area (TPSA) is 78.9 Å². The van der Waals surface area contributed by atoms with Crippen LogP contribution in [0.1, 0.15) is 181 Å². The van der Waals surface area contributed by atoms with E-state index in [9.17, 15) is 14.4 Å². The highest BCUT2D eigenvalue weighted by Crippen LogP contribution is 2.10. The van der Waals surface area contributed by atoms with Gasteiger partial charge in [0.05, 0.1) is 6.42 Å². The highest BCUT2D eigenvalue weighted by atomic mass is 16.6. The molecule has 0 aromatic carbocycles. The van der Waals surface area contributed by atoms with Gasteiger partial charge < -0.3 is 14.2 Å². The third-order valence-electron chi connectivity index (χ3n) is 9.76. The fourth-order valence-corrected chi connectivity index (χ4v) is 6.04. The summed E-state index contributed by atoms with van der Waals surface area (Å²) in [5, 5.41) is 0. The second-order valence-corrected chi connectivity index (χ2v) is 16.0. The Morgan fingerprint density at radius 3 is 1.08 bits per heavy atom. The summed E-state index contributed by atoms with van der Waals surface area (Å²) in [4.78, 5) is 37.8. The maximum Gasteiger partial charge on any atom is 0.310 e. The van der Waals surface area contributed by atoms with E-state index >= 15 is 0 Å². The molecular weight excluding hydrogens is 817 g/mol. The Bertz CT molecular complexity index is 1560. The Hall–Kier alpha value is -4.97. The van der Waals surface area contributed by atoms with Crippen LogP contribution in [0.15, 0.2) is 158 Å². The third-order valence-corrected chi connectivity index (χ3v) is 9.76. The fourth-order valence-electron chi connectivity index (χ4n) is 6.04. The van der Waals surface area contributed by atoms with Crippen molar-refractivity contribution in [3.8, 4) is 0 Å². The molecule has 6 heteroatoms. The maximum atomic E-state index is 12.7. The molecule has 0 N–H and O–H groups in total. The molecule has 0 saturated heterocycles. The molecule has 0 aliphatic heterocycles. The molecule has 0 amide bonds. The second kappa shape index (κ2) is 52.7. The van der Waals surface area contributed by atoms with Gasteiger partial charge in [0.1, 0.15) is 13.2 Å². The van der Waals surface area contributed by atoms with E-state index < -0.39 is 12.1 Å². The van der Waals surface area contributed by atoms with Gasteiger partial charge in [-0.1, -0.05) is 204 Å². The van der Waals surface area contributed by atoms with Gasteiger partial charge in [-0.2, -0.15) is 0 Å². The summed E-state index contributed by atoms with van der Waals surface area (Å²) < 4.78 is 16.6. The zero-order chi connectivity index (χ0) is 47.9. The lowest BCUT2D eigenvalue weighted by molar-refractivity contribution is -0.166. The van der Waals surface area contributed by atoms with Crippen molar-refractivity contribution in [2.24, 2.45) is 0 Å². The van der Waals surface area contributed by atoms with Crippen molar-refractivity contribution < 1.29 is 28.6 Å². The molecular formula is C60H90O6. The number of hydrogen-bond donors (Lipinski definition) is 0. The first-order valence-electron chi connectivity index (χ1n) is 25.5. The number of hydrogen-bond acceptors (Lipinski definition) is 6. The molecule has 0 aliphatic carbocycles. The van der Waals surface area contributed by atoms with Gasteiger partial charge in [-0.05, 0) is 116 Å². The van der Waals surface area contributed by atoms with Crippen molar-refractivity contribution in [3.63, 3.8) is 0 Å². The first-order chi connectivity index (χ1) is 32.5. The summed E-state index contributed by atoms with van der Waals surface area (Å²) in [5.41, 5.74) is 0. The Kier molecular flexibility index (Phi) is 48.7. The summed E-state index contributed by atoms with van der Waals surface area (Å²) in [6.07, 6.45) is 76.9. The monoisotopic (exact) mass is 907 g/mol. The highest BCUT2D eigenvalue weighted by Gasteiger charge is 2.19. The predicted molar refractivity (Wildman–Crippen MR) is 283 cm³/mol. The molecule has 0 fully saturated rings. The second-order valence-electron chi connectivity index (χ2n) is 16.0. The molecule has 0 spiro atoms. The summed E-state index contributed by atoms with van der Waals surface area (Å²) in [7, 11) is 0. The van der Waals surface area contributed by atoms with E-state index in [0.717, 1.165) is 122 Å². The molecule has 366 valence electrons. The highest BCUT2D eigenvalue weighted by molar-refractivity contribution is 5.72. The largest absolute Gasteiger partial charge is 0.462 e. The standard InChI is InChI=1S/C60H90O6/c1-4-7-10-13-16-19-22-24-26-27-28-29-30-31-32-33-35-36-38-41-44-47-50-53-59(62)65-56-57(55-64-58(61)52-49-46-43-40-21-18-15-12-9-6-3)66-60(63)54-51-48-45-42-39-37-34-25-23-20-17-14-11-8-5-2/h7-8,10-12,15-17,19-20,24-26,28-29,31-32,34-36,39,41-42,44,48,51,57H,4-6,9,13-14,18,21-23,27,30,33,37-38,40,43,45-47,49-50,52-56H2,1-3H3/b10-7-,11-8-,15-12-,19-16-,20-17-,26-24-,29-28-,32-31-,34-25-,36-35-,42-39-,44-41-,51-48-. The van der Waals surface area contributed by atoms with Gasteiger partial charge in [0, 0.05) is 12.8 Å². The zero-order valence-electron chi connectivity index (χ0n) is 41.6. The Morgan fingerprint density at radius 2 is 0.652 bits per heavy atom. The minimum Gasteiger partial charge on any atom is -0.462 e. The number of esters is 3. The van der Waals surface area contributed by atoms with Gasteiger partial charge in [-0.25, -0.2) is 0 Å². The Labute approximate surface area is 403 Å². The van der Waals surface area contributed by atoms with Crippen molar-refractivity contribution in [2.75, 3.05) is 13.2 Å². The van der Waals surface area contributed by atoms with Crippen LogP contribution >= 0.6 is 0 Å². The van der Waals surface area contributed by atoms with Crippen LogP contribution in [0.3, 0.4) is 0 Å². The summed E-state index contributed by atoms with van der Waals surface area (Å²) in [5.74, 6) is -1.17. The van der Waals surface area contributed by atoms with Crippen molar-refractivity contribution in [3.05, 3.63) is 158 Å². The van der Waals surface area contributed by atoms with Gasteiger partial charge in [0.2, 0.25) is 0 Å². The van der Waals surface area contributed by atoms with E-state index in [-0.39, 0.29) is 38.0 Å². The van der Waals surface area contributed by atoms with Crippen LogP contribution in [0.5, 0.6) is 0 Å². The van der Waals surface area contributed by atoms with E-state index in [1.54, 1.807) is 6.08 Å². The molecule has 6 nitrogen and oxygen atoms in total. The van der Waals surface area contributed by atoms with Crippen LogP contribution in [0.2, 0.25) is 0 Å². The van der Waals surface area contributed by atoms with E-state index in [1.807, 2.05) is 6.08 Å². The SMILES string of the molecule is CC/C=C\C/C=C\C/C=C\C/C=C\C/C=C\C/C=C\C/C=C\CCCC(=O)OCC(COC(=O)CCCCCCC/C=C\CCC)OC(=O)C/C=C\C/C=C\C/C=C\C/C=C\C/C=C\CC. The third kappa shape index (κ3) is 50.0. The molecule has 0 saturated carbocycles. The number of carbonyl (C=O) groups is 3. The van der Waals surface area contributed by atoms with Gasteiger partial charge in [-0.3, -0.25) is 14.4 Å². The van der Waals surface area contributed by atoms with Crippen LogP contribution in [0.4, 0.5) is 0 Å². The minimum atomic E-state index is -0.866. The van der Waals surface area contributed by atoms with E-state index in [1.165, 1.54) is 6.42 Å². The molecule has 0 aromatic heterocycles. The molecule has 0 bridgehead atoms. The Balaban J connectivity index is 4.58. The molecule has 0 aromatic rings. The van der Waals surface area contributed by atoms with Crippen LogP contribution in [0.25, 0.3) is 0 Å². The zero-order valence-corrected chi connectivity index (χ0v) is 41.6. The van der Waals surface area contributed by atoms with Crippen LogP contribution in [0, 0.1) is 0 Å². The van der Waals surface area contributed by atoms with Crippen LogP contribution in [-0.2, 0) is 28.6 Å². The average Bonchev–Trinajstić information content (AvgIpc) is 3.31. The fraction of sp³-hybridized carbons (Fsp3) is 0.517. The number of rotatable bonds is 43. The Morgan fingerprint density at radius 1 is 0.333 bits per heavy atom. The first-order valence-corrected chi connectivity index (χ1v) is 25.5. The van der Waals surface area contributed by atoms with Crippen molar-refractivity contribution in [1.29, 1.82) is 0 Å². The van der Waals surface area contributed by atoms with E-state index in [4.69, 9.17) is 14.2 Å². The first kappa shape index (κ1) is 61.0. The lowest BCUT2D eigenvalue weighted by Gasteiger charge is -2.18. The molecule has 66 heavy (non-hydrogen) atoms. The van der Waals surface area contributed by atoms with E-state index in [0.29, 0.717) is 19.3 Å². The van der Waals surface area contributed by atoms with Crippen LogP contribution in [-0.4, -0.2) is 37.2 Å². The molecule has 0 aliphatic rings. The lowest BCUT2D eigenvalue weighted by Crippen LogP contribution is -2.30. The van der Waals surface area contributed by atoms with Gasteiger partial charge in [-0.15, -0.1) is 0 Å². The number of carbonyl (C=O) groups excluding carboxylic acids is 3.